The smallest absolute Gasteiger partial charge is 0.310 e. The number of pyridine rings is 1. The van der Waals surface area contributed by atoms with Gasteiger partial charge < -0.3 is 18.7 Å². The van der Waals surface area contributed by atoms with E-state index in [4.69, 9.17) is 9.47 Å². The monoisotopic (exact) mass is 499 g/mol. The molecule has 1 aliphatic rings. The number of benzene rings is 1. The molecule has 0 amide bonds. The fourth-order valence-corrected chi connectivity index (χ4v) is 5.44. The van der Waals surface area contributed by atoms with Crippen LogP contribution in [0.4, 0.5) is 5.69 Å². The number of rotatable bonds is 7. The first kappa shape index (κ1) is 24.7. The third kappa shape index (κ3) is 5.64. The molecule has 0 bridgehead atoms. The van der Waals surface area contributed by atoms with Gasteiger partial charge in [-0.25, -0.2) is 13.4 Å². The number of sulfonamides is 1. The number of fused-ring (bicyclic) bond motifs is 2. The summed E-state index contributed by atoms with van der Waals surface area (Å²) in [7, 11) is -3.99. The topological polar surface area (TPSA) is 107 Å². The van der Waals surface area contributed by atoms with Crippen LogP contribution in [-0.4, -0.2) is 47.8 Å². The lowest BCUT2D eigenvalue weighted by Crippen LogP contribution is -2.43. The van der Waals surface area contributed by atoms with E-state index in [1.807, 2.05) is 0 Å². The number of Topliss-reactive ketones (excluding diaryl/α,β-unsaturated/α-hetero) is 1. The van der Waals surface area contributed by atoms with Crippen molar-refractivity contribution in [2.75, 3.05) is 10.8 Å². The van der Waals surface area contributed by atoms with E-state index in [1.165, 1.54) is 23.5 Å². The van der Waals surface area contributed by atoms with Gasteiger partial charge in [0.1, 0.15) is 33.8 Å². The number of hydrogen-bond donors (Lipinski definition) is 0. The van der Waals surface area contributed by atoms with E-state index in [2.05, 4.69) is 4.98 Å². The van der Waals surface area contributed by atoms with Gasteiger partial charge in [0.15, 0.2) is 0 Å². The second-order valence-corrected chi connectivity index (χ2v) is 11.5. The first-order valence-electron chi connectivity index (χ1n) is 11.4. The average molecular weight is 500 g/mol. The minimum atomic E-state index is -3.99. The van der Waals surface area contributed by atoms with Gasteiger partial charge in [0.25, 0.3) is 10.0 Å². The lowest BCUT2D eigenvalue weighted by molar-refractivity contribution is -0.153. The van der Waals surface area contributed by atoms with E-state index in [9.17, 15) is 18.0 Å². The summed E-state index contributed by atoms with van der Waals surface area (Å²) in [5.41, 5.74) is 0.954. The van der Waals surface area contributed by atoms with Gasteiger partial charge in [0.2, 0.25) is 0 Å². The molecule has 35 heavy (non-hydrogen) atoms. The van der Waals surface area contributed by atoms with E-state index in [-0.39, 0.29) is 30.1 Å². The summed E-state index contributed by atoms with van der Waals surface area (Å²) in [4.78, 5) is 28.2. The molecule has 0 aliphatic carbocycles. The molecule has 1 aromatic carbocycles. The number of carbonyl (C=O) groups is 2. The highest BCUT2D eigenvalue weighted by Crippen LogP contribution is 2.39. The Labute approximate surface area is 204 Å². The zero-order valence-corrected chi connectivity index (χ0v) is 21.0. The van der Waals surface area contributed by atoms with E-state index < -0.39 is 27.7 Å². The minimum Gasteiger partial charge on any atom is -0.486 e. The number of esters is 1. The second-order valence-electron chi connectivity index (χ2n) is 9.64. The number of ether oxygens (including phenoxy) is 2. The van der Waals surface area contributed by atoms with Gasteiger partial charge >= 0.3 is 5.97 Å². The molecule has 0 unspecified atom stereocenters. The van der Waals surface area contributed by atoms with Crippen molar-refractivity contribution >= 4 is 33.1 Å². The highest BCUT2D eigenvalue weighted by molar-refractivity contribution is 7.92. The van der Waals surface area contributed by atoms with Crippen LogP contribution in [0, 0.1) is 0 Å². The van der Waals surface area contributed by atoms with Crippen LogP contribution in [0.5, 0.6) is 5.75 Å². The Kier molecular flexibility index (Phi) is 6.59. The van der Waals surface area contributed by atoms with E-state index >= 15 is 0 Å². The van der Waals surface area contributed by atoms with Crippen molar-refractivity contribution in [2.45, 2.75) is 63.6 Å². The molecule has 1 atom stereocenters. The second kappa shape index (κ2) is 9.33. The fourth-order valence-electron chi connectivity index (χ4n) is 3.93. The quantitative estimate of drug-likeness (QED) is 0.458. The maximum atomic E-state index is 13.8. The van der Waals surface area contributed by atoms with Crippen LogP contribution in [0.1, 0.15) is 46.1 Å². The van der Waals surface area contributed by atoms with Crippen molar-refractivity contribution in [3.05, 3.63) is 54.5 Å². The van der Waals surface area contributed by atoms with Crippen molar-refractivity contribution in [2.24, 2.45) is 0 Å². The molecule has 10 heteroatoms. The molecule has 0 saturated carbocycles. The van der Waals surface area contributed by atoms with Gasteiger partial charge in [-0.3, -0.25) is 9.10 Å². The predicted molar refractivity (Wildman–Crippen MR) is 130 cm³/mol. The third-order valence-corrected chi connectivity index (χ3v) is 7.25. The molecule has 1 aliphatic heterocycles. The highest BCUT2D eigenvalue weighted by Gasteiger charge is 2.35. The molecule has 3 aromatic rings. The van der Waals surface area contributed by atoms with Crippen molar-refractivity contribution in [3.8, 4) is 5.75 Å². The summed E-state index contributed by atoms with van der Waals surface area (Å²) < 4.78 is 42.0. The summed E-state index contributed by atoms with van der Waals surface area (Å²) >= 11 is 0. The van der Waals surface area contributed by atoms with Crippen LogP contribution in [-0.2, 0) is 30.8 Å². The number of carbonyl (C=O) groups excluding carboxylic acids is 2. The Hall–Kier alpha value is -3.40. The van der Waals surface area contributed by atoms with E-state index in [1.54, 1.807) is 61.8 Å². The third-order valence-electron chi connectivity index (χ3n) is 5.49. The predicted octanol–water partition coefficient (Wildman–Crippen LogP) is 3.54. The molecule has 2 aromatic heterocycles. The minimum absolute atomic E-state index is 0.00655. The van der Waals surface area contributed by atoms with Gasteiger partial charge in [0, 0.05) is 25.0 Å². The van der Waals surface area contributed by atoms with Crippen molar-refractivity contribution < 1.29 is 27.5 Å². The zero-order chi connectivity index (χ0) is 25.4. The molecule has 0 N–H and O–H groups in total. The molecule has 0 fully saturated rings. The largest absolute Gasteiger partial charge is 0.486 e. The van der Waals surface area contributed by atoms with Gasteiger partial charge in [-0.2, -0.15) is 0 Å². The normalized spacial score (nSPS) is 16.0. The fraction of sp³-hybridized carbons (Fsp3) is 0.400. The number of anilines is 1. The molecular weight excluding hydrogens is 470 g/mol. The summed E-state index contributed by atoms with van der Waals surface area (Å²) in [5, 5.41) is 0. The molecule has 186 valence electrons. The van der Waals surface area contributed by atoms with Crippen LogP contribution in [0.25, 0.3) is 5.65 Å². The Balaban J connectivity index is 1.71. The Morgan fingerprint density at radius 1 is 1.20 bits per heavy atom. The summed E-state index contributed by atoms with van der Waals surface area (Å²) in [6.07, 6.45) is 4.96. The molecule has 4 rings (SSSR count). The number of aromatic nitrogens is 2. The highest BCUT2D eigenvalue weighted by atomic mass is 32.2. The Morgan fingerprint density at radius 2 is 1.97 bits per heavy atom. The van der Waals surface area contributed by atoms with Crippen LogP contribution in [0.3, 0.4) is 0 Å². The Bertz CT molecular complexity index is 1370. The van der Waals surface area contributed by atoms with Gasteiger partial charge in [-0.1, -0.05) is 6.07 Å². The van der Waals surface area contributed by atoms with Crippen molar-refractivity contribution in [1.29, 1.82) is 0 Å². The van der Waals surface area contributed by atoms with E-state index in [0.29, 0.717) is 29.1 Å². The average Bonchev–Trinajstić information content (AvgIpc) is 3.23. The van der Waals surface area contributed by atoms with Crippen LogP contribution in [0.2, 0.25) is 0 Å². The number of hydrogen-bond acceptors (Lipinski definition) is 7. The maximum absolute atomic E-state index is 13.8. The molecule has 3 heterocycles. The van der Waals surface area contributed by atoms with E-state index in [0.717, 1.165) is 0 Å². The van der Waals surface area contributed by atoms with Gasteiger partial charge in [-0.05, 0) is 63.9 Å². The molecular formula is C25H29N3O6S. The van der Waals surface area contributed by atoms with Gasteiger partial charge in [0.05, 0.1) is 18.7 Å². The molecule has 0 saturated heterocycles. The SMILES string of the molecule is CC(=O)CC[C@H]1CN(S(=O)(=O)c2ccc3nccn3c2)c2cc(CC(=O)OC(C)(C)C)ccc2O1. The summed E-state index contributed by atoms with van der Waals surface area (Å²) in [6.45, 7) is 6.91. The summed E-state index contributed by atoms with van der Waals surface area (Å²) in [5.74, 6) is -0.0226. The molecule has 0 spiro atoms. The lowest BCUT2D eigenvalue weighted by atomic mass is 10.1. The zero-order valence-electron chi connectivity index (χ0n) is 20.2. The van der Waals surface area contributed by atoms with Crippen LogP contribution >= 0.6 is 0 Å². The lowest BCUT2D eigenvalue weighted by Gasteiger charge is -2.35. The number of imidazole rings is 1. The van der Waals surface area contributed by atoms with Crippen molar-refractivity contribution in [1.82, 2.24) is 9.38 Å². The molecule has 9 nitrogen and oxygen atoms in total. The molecule has 0 radical (unpaired) electrons. The first-order chi connectivity index (χ1) is 16.4. The van der Waals surface area contributed by atoms with Gasteiger partial charge in [-0.15, -0.1) is 0 Å². The van der Waals surface area contributed by atoms with Crippen LogP contribution < -0.4 is 9.04 Å². The number of nitrogens with zero attached hydrogens (tertiary/aromatic N) is 3. The maximum Gasteiger partial charge on any atom is 0.310 e. The Morgan fingerprint density at radius 3 is 2.69 bits per heavy atom. The number of ketones is 1. The summed E-state index contributed by atoms with van der Waals surface area (Å²) in [6, 6.07) is 8.19. The van der Waals surface area contributed by atoms with Crippen LogP contribution in [0.15, 0.2) is 53.8 Å². The first-order valence-corrected chi connectivity index (χ1v) is 12.8. The van der Waals surface area contributed by atoms with Crippen molar-refractivity contribution in [3.63, 3.8) is 0 Å². The standard InChI is InChI=1S/C25H29N3O6S/c1-17(29)5-7-19-15-28(35(31,32)20-8-10-23-26-11-12-27(23)16-20)21-13-18(6-9-22(21)33-19)14-24(30)34-25(2,3)4/h6,8-13,16,19H,5,7,14-15H2,1-4H3/t19-/m0/s1.